The standard InChI is InChI=1S/C17H16Br2N4/c1-11-9-12(18)4-5-13(11)15-3-2-7-22(15)16-6-8-23-17(21-16)14(19)10-20-23/h4-6,8-10,15H,2-3,7H2,1H3. The third kappa shape index (κ3) is 2.68. The Balaban J connectivity index is 1.75. The molecule has 3 heterocycles. The molecule has 1 aromatic carbocycles. The quantitative estimate of drug-likeness (QED) is 0.573. The summed E-state index contributed by atoms with van der Waals surface area (Å²) < 4.78 is 3.85. The molecule has 1 atom stereocenters. The fourth-order valence-electron chi connectivity index (χ4n) is 3.37. The zero-order chi connectivity index (χ0) is 16.0. The molecule has 1 aliphatic heterocycles. The van der Waals surface area contributed by atoms with Crippen molar-refractivity contribution in [1.82, 2.24) is 14.6 Å². The van der Waals surface area contributed by atoms with Crippen molar-refractivity contribution in [3.8, 4) is 0 Å². The van der Waals surface area contributed by atoms with Crippen LogP contribution in [-0.4, -0.2) is 21.1 Å². The number of halogens is 2. The summed E-state index contributed by atoms with van der Waals surface area (Å²) in [6, 6.07) is 8.99. The first-order valence-corrected chi connectivity index (χ1v) is 9.24. The monoisotopic (exact) mass is 434 g/mol. The van der Waals surface area contributed by atoms with Gasteiger partial charge in [0.2, 0.25) is 0 Å². The minimum atomic E-state index is 0.389. The smallest absolute Gasteiger partial charge is 0.171 e. The minimum Gasteiger partial charge on any atom is -0.349 e. The van der Waals surface area contributed by atoms with E-state index in [1.807, 2.05) is 6.20 Å². The van der Waals surface area contributed by atoms with Crippen LogP contribution in [-0.2, 0) is 0 Å². The normalized spacial score (nSPS) is 18.0. The van der Waals surface area contributed by atoms with Crippen LogP contribution >= 0.6 is 31.9 Å². The molecule has 1 fully saturated rings. The average Bonchev–Trinajstić information content (AvgIpc) is 3.14. The Morgan fingerprint density at radius 2 is 2.09 bits per heavy atom. The molecular formula is C17H16Br2N4. The number of aromatic nitrogens is 3. The maximum absolute atomic E-state index is 4.81. The number of hydrogen-bond donors (Lipinski definition) is 0. The lowest BCUT2D eigenvalue weighted by atomic mass is 9.99. The molecule has 23 heavy (non-hydrogen) atoms. The molecule has 0 spiro atoms. The van der Waals surface area contributed by atoms with Gasteiger partial charge in [0.05, 0.1) is 16.7 Å². The molecule has 3 aromatic rings. The molecule has 1 saturated heterocycles. The van der Waals surface area contributed by atoms with E-state index in [4.69, 9.17) is 4.98 Å². The highest BCUT2D eigenvalue weighted by Gasteiger charge is 2.28. The van der Waals surface area contributed by atoms with E-state index in [0.717, 1.165) is 33.4 Å². The van der Waals surface area contributed by atoms with Crippen molar-refractivity contribution in [2.45, 2.75) is 25.8 Å². The van der Waals surface area contributed by atoms with Gasteiger partial charge in [-0.05, 0) is 65.0 Å². The lowest BCUT2D eigenvalue weighted by Crippen LogP contribution is -2.24. The second-order valence-corrected chi connectivity index (χ2v) is 7.67. The van der Waals surface area contributed by atoms with Gasteiger partial charge in [-0.1, -0.05) is 22.0 Å². The Hall–Kier alpha value is -1.40. The summed E-state index contributed by atoms with van der Waals surface area (Å²) in [6.45, 7) is 3.22. The number of aryl methyl sites for hydroxylation is 1. The third-order valence-corrected chi connectivity index (χ3v) is 5.50. The highest BCUT2D eigenvalue weighted by atomic mass is 79.9. The van der Waals surface area contributed by atoms with Crippen LogP contribution in [0.5, 0.6) is 0 Å². The van der Waals surface area contributed by atoms with E-state index in [1.165, 1.54) is 17.5 Å². The molecule has 0 saturated carbocycles. The number of hydrogen-bond acceptors (Lipinski definition) is 3. The van der Waals surface area contributed by atoms with E-state index in [0.29, 0.717) is 6.04 Å². The molecule has 1 aliphatic rings. The predicted molar refractivity (Wildman–Crippen MR) is 98.9 cm³/mol. The number of anilines is 1. The highest BCUT2D eigenvalue weighted by Crippen LogP contribution is 2.37. The minimum absolute atomic E-state index is 0.389. The SMILES string of the molecule is Cc1cc(Br)ccc1C1CCCN1c1ccn2ncc(Br)c2n1. The van der Waals surface area contributed by atoms with E-state index in [9.17, 15) is 0 Å². The van der Waals surface area contributed by atoms with Gasteiger partial charge in [-0.2, -0.15) is 5.10 Å². The molecule has 1 unspecified atom stereocenters. The van der Waals surface area contributed by atoms with Crippen molar-refractivity contribution >= 4 is 43.3 Å². The average molecular weight is 436 g/mol. The van der Waals surface area contributed by atoms with Gasteiger partial charge in [-0.3, -0.25) is 0 Å². The lowest BCUT2D eigenvalue weighted by molar-refractivity contribution is 0.705. The van der Waals surface area contributed by atoms with Crippen molar-refractivity contribution in [2.75, 3.05) is 11.4 Å². The van der Waals surface area contributed by atoms with Gasteiger partial charge in [-0.25, -0.2) is 9.50 Å². The molecule has 0 radical (unpaired) electrons. The van der Waals surface area contributed by atoms with Crippen LogP contribution in [0.2, 0.25) is 0 Å². The van der Waals surface area contributed by atoms with E-state index < -0.39 is 0 Å². The fraction of sp³-hybridized carbons (Fsp3) is 0.294. The fourth-order valence-corrected chi connectivity index (χ4v) is 4.21. The van der Waals surface area contributed by atoms with Gasteiger partial charge in [0.1, 0.15) is 5.82 Å². The van der Waals surface area contributed by atoms with Crippen LogP contribution in [0.1, 0.15) is 30.0 Å². The maximum Gasteiger partial charge on any atom is 0.171 e. The molecule has 4 rings (SSSR count). The van der Waals surface area contributed by atoms with Crippen molar-refractivity contribution in [1.29, 1.82) is 0 Å². The number of fused-ring (bicyclic) bond motifs is 1. The van der Waals surface area contributed by atoms with E-state index in [-0.39, 0.29) is 0 Å². The second-order valence-electron chi connectivity index (χ2n) is 5.90. The summed E-state index contributed by atoms with van der Waals surface area (Å²) in [7, 11) is 0. The summed E-state index contributed by atoms with van der Waals surface area (Å²) in [5.74, 6) is 1.02. The zero-order valence-electron chi connectivity index (χ0n) is 12.7. The Kier molecular flexibility index (Phi) is 3.89. The summed E-state index contributed by atoms with van der Waals surface area (Å²) in [4.78, 5) is 7.22. The molecule has 118 valence electrons. The maximum atomic E-state index is 4.81. The largest absolute Gasteiger partial charge is 0.349 e. The van der Waals surface area contributed by atoms with Crippen LogP contribution in [0.25, 0.3) is 5.65 Å². The zero-order valence-corrected chi connectivity index (χ0v) is 15.9. The summed E-state index contributed by atoms with van der Waals surface area (Å²) in [6.07, 6.45) is 6.11. The molecule has 0 N–H and O–H groups in total. The predicted octanol–water partition coefficient (Wildman–Crippen LogP) is 4.90. The van der Waals surface area contributed by atoms with Crippen molar-refractivity contribution in [3.05, 3.63) is 56.7 Å². The molecule has 0 bridgehead atoms. The van der Waals surface area contributed by atoms with Crippen LogP contribution in [0.3, 0.4) is 0 Å². The highest BCUT2D eigenvalue weighted by molar-refractivity contribution is 9.10. The Labute approximate surface area is 151 Å². The van der Waals surface area contributed by atoms with Crippen LogP contribution < -0.4 is 4.90 Å². The first-order valence-electron chi connectivity index (χ1n) is 7.66. The lowest BCUT2D eigenvalue weighted by Gasteiger charge is -2.27. The van der Waals surface area contributed by atoms with E-state index in [1.54, 1.807) is 10.7 Å². The first kappa shape index (κ1) is 15.1. The Morgan fingerprint density at radius 1 is 1.22 bits per heavy atom. The van der Waals surface area contributed by atoms with Gasteiger partial charge in [0.15, 0.2) is 5.65 Å². The van der Waals surface area contributed by atoms with Gasteiger partial charge >= 0.3 is 0 Å². The Morgan fingerprint density at radius 3 is 2.91 bits per heavy atom. The topological polar surface area (TPSA) is 33.4 Å². The summed E-state index contributed by atoms with van der Waals surface area (Å²) in [5.41, 5.74) is 3.57. The van der Waals surface area contributed by atoms with Crippen molar-refractivity contribution in [3.63, 3.8) is 0 Å². The Bertz CT molecular complexity index is 874. The molecule has 4 nitrogen and oxygen atoms in total. The molecular weight excluding hydrogens is 420 g/mol. The summed E-state index contributed by atoms with van der Waals surface area (Å²) >= 11 is 7.07. The number of rotatable bonds is 2. The second kappa shape index (κ2) is 5.91. The molecule has 6 heteroatoms. The molecule has 0 aliphatic carbocycles. The first-order chi connectivity index (χ1) is 11.1. The van der Waals surface area contributed by atoms with E-state index in [2.05, 4.69) is 73.0 Å². The van der Waals surface area contributed by atoms with Gasteiger partial charge in [0, 0.05) is 17.2 Å². The van der Waals surface area contributed by atoms with Gasteiger partial charge < -0.3 is 4.90 Å². The van der Waals surface area contributed by atoms with Gasteiger partial charge in [-0.15, -0.1) is 0 Å². The van der Waals surface area contributed by atoms with Gasteiger partial charge in [0.25, 0.3) is 0 Å². The molecule has 2 aromatic heterocycles. The number of nitrogens with zero attached hydrogens (tertiary/aromatic N) is 4. The third-order valence-electron chi connectivity index (χ3n) is 4.45. The molecule has 0 amide bonds. The van der Waals surface area contributed by atoms with Crippen LogP contribution in [0, 0.1) is 6.92 Å². The number of benzene rings is 1. The van der Waals surface area contributed by atoms with E-state index >= 15 is 0 Å². The van der Waals surface area contributed by atoms with Crippen LogP contribution in [0.4, 0.5) is 5.82 Å². The van der Waals surface area contributed by atoms with Crippen molar-refractivity contribution in [2.24, 2.45) is 0 Å². The van der Waals surface area contributed by atoms with Crippen molar-refractivity contribution < 1.29 is 0 Å². The summed E-state index contributed by atoms with van der Waals surface area (Å²) in [5, 5.41) is 4.27. The van der Waals surface area contributed by atoms with Crippen LogP contribution in [0.15, 0.2) is 45.6 Å².